The molecule has 66 valence electrons. The minimum atomic E-state index is -0.0936. The van der Waals surface area contributed by atoms with Gasteiger partial charge in [0.2, 0.25) is 5.91 Å². The SMILES string of the molecule is CCCOCC(=O)NCCN. The molecule has 0 saturated heterocycles. The monoisotopic (exact) mass is 160 g/mol. The summed E-state index contributed by atoms with van der Waals surface area (Å²) < 4.78 is 4.99. The van der Waals surface area contributed by atoms with Crippen molar-refractivity contribution < 1.29 is 9.53 Å². The van der Waals surface area contributed by atoms with E-state index >= 15 is 0 Å². The van der Waals surface area contributed by atoms with Crippen molar-refractivity contribution in [2.24, 2.45) is 5.73 Å². The van der Waals surface area contributed by atoms with Crippen molar-refractivity contribution in [3.05, 3.63) is 0 Å². The van der Waals surface area contributed by atoms with E-state index < -0.39 is 0 Å². The Morgan fingerprint density at radius 2 is 2.36 bits per heavy atom. The Labute approximate surface area is 67.1 Å². The third-order valence-corrected chi connectivity index (χ3v) is 1.05. The number of amides is 1. The standard InChI is InChI=1S/C7H16N2O2/c1-2-5-11-6-7(10)9-4-3-8/h2-6,8H2,1H3,(H,9,10). The second-order valence-corrected chi connectivity index (χ2v) is 2.19. The second kappa shape index (κ2) is 7.50. The third kappa shape index (κ3) is 7.29. The van der Waals surface area contributed by atoms with Crippen LogP contribution in [0.5, 0.6) is 0 Å². The van der Waals surface area contributed by atoms with Crippen LogP contribution in [0.1, 0.15) is 13.3 Å². The Morgan fingerprint density at radius 1 is 1.64 bits per heavy atom. The molecule has 4 heteroatoms. The Hall–Kier alpha value is -0.610. The summed E-state index contributed by atoms with van der Waals surface area (Å²) in [5, 5.41) is 2.60. The first-order chi connectivity index (χ1) is 5.31. The number of ether oxygens (including phenoxy) is 1. The number of carbonyl (C=O) groups excluding carboxylic acids is 1. The average molecular weight is 160 g/mol. The lowest BCUT2D eigenvalue weighted by molar-refractivity contribution is -0.125. The van der Waals surface area contributed by atoms with Crippen LogP contribution in [0, 0.1) is 0 Å². The van der Waals surface area contributed by atoms with Gasteiger partial charge in [-0.1, -0.05) is 6.92 Å². The topological polar surface area (TPSA) is 64.3 Å². The number of hydrogen-bond acceptors (Lipinski definition) is 3. The molecule has 0 unspecified atom stereocenters. The zero-order valence-electron chi connectivity index (χ0n) is 6.93. The molecular formula is C7H16N2O2. The highest BCUT2D eigenvalue weighted by Gasteiger charge is 1.97. The fourth-order valence-electron chi connectivity index (χ4n) is 0.572. The molecule has 0 saturated carbocycles. The number of nitrogens with one attached hydrogen (secondary N) is 1. The van der Waals surface area contributed by atoms with Crippen molar-refractivity contribution in [2.75, 3.05) is 26.3 Å². The normalized spacial score (nSPS) is 9.64. The van der Waals surface area contributed by atoms with E-state index in [1.165, 1.54) is 0 Å². The molecule has 11 heavy (non-hydrogen) atoms. The van der Waals surface area contributed by atoms with E-state index in [-0.39, 0.29) is 12.5 Å². The van der Waals surface area contributed by atoms with E-state index in [4.69, 9.17) is 10.5 Å². The summed E-state index contributed by atoms with van der Waals surface area (Å²) in [7, 11) is 0. The van der Waals surface area contributed by atoms with Crippen LogP contribution in [0.15, 0.2) is 0 Å². The van der Waals surface area contributed by atoms with Crippen LogP contribution in [0.25, 0.3) is 0 Å². The molecular weight excluding hydrogens is 144 g/mol. The summed E-state index contributed by atoms with van der Waals surface area (Å²) in [6.45, 7) is 3.77. The Kier molecular flexibility index (Phi) is 7.08. The van der Waals surface area contributed by atoms with Crippen LogP contribution in [-0.4, -0.2) is 32.2 Å². The summed E-state index contributed by atoms with van der Waals surface area (Å²) in [4.78, 5) is 10.8. The zero-order valence-corrected chi connectivity index (χ0v) is 6.93. The first-order valence-electron chi connectivity index (χ1n) is 3.85. The predicted octanol–water partition coefficient (Wildman–Crippen LogP) is -0.512. The van der Waals surface area contributed by atoms with Gasteiger partial charge in [-0.25, -0.2) is 0 Å². The van der Waals surface area contributed by atoms with Crippen molar-refractivity contribution in [3.8, 4) is 0 Å². The second-order valence-electron chi connectivity index (χ2n) is 2.19. The molecule has 0 bridgehead atoms. The Bertz CT molecular complexity index is 107. The summed E-state index contributed by atoms with van der Waals surface area (Å²) in [5.41, 5.74) is 5.18. The minimum absolute atomic E-state index is 0.0936. The smallest absolute Gasteiger partial charge is 0.246 e. The van der Waals surface area contributed by atoms with Crippen molar-refractivity contribution in [2.45, 2.75) is 13.3 Å². The van der Waals surface area contributed by atoms with Crippen molar-refractivity contribution in [1.29, 1.82) is 0 Å². The van der Waals surface area contributed by atoms with Gasteiger partial charge in [0.05, 0.1) is 0 Å². The minimum Gasteiger partial charge on any atom is -0.372 e. The predicted molar refractivity (Wildman–Crippen MR) is 43.2 cm³/mol. The summed E-state index contributed by atoms with van der Waals surface area (Å²) in [5.74, 6) is -0.0936. The summed E-state index contributed by atoms with van der Waals surface area (Å²) in [6.07, 6.45) is 0.935. The summed E-state index contributed by atoms with van der Waals surface area (Å²) in [6, 6.07) is 0. The maximum atomic E-state index is 10.8. The zero-order chi connectivity index (χ0) is 8.53. The molecule has 0 atom stereocenters. The van der Waals surface area contributed by atoms with Gasteiger partial charge < -0.3 is 15.8 Å². The Balaban J connectivity index is 3.09. The van der Waals surface area contributed by atoms with E-state index in [9.17, 15) is 4.79 Å². The maximum absolute atomic E-state index is 10.8. The Morgan fingerprint density at radius 3 is 2.91 bits per heavy atom. The molecule has 0 aromatic heterocycles. The molecule has 0 aliphatic heterocycles. The van der Waals surface area contributed by atoms with Gasteiger partial charge >= 0.3 is 0 Å². The first kappa shape index (κ1) is 10.4. The van der Waals surface area contributed by atoms with Gasteiger partial charge in [0.1, 0.15) is 6.61 Å². The lowest BCUT2D eigenvalue weighted by Gasteiger charge is -2.02. The lowest BCUT2D eigenvalue weighted by Crippen LogP contribution is -2.32. The van der Waals surface area contributed by atoms with Crippen LogP contribution in [0.3, 0.4) is 0 Å². The van der Waals surface area contributed by atoms with Crippen LogP contribution in [0.4, 0.5) is 0 Å². The molecule has 3 N–H and O–H groups in total. The van der Waals surface area contributed by atoms with Gasteiger partial charge in [-0.05, 0) is 6.42 Å². The van der Waals surface area contributed by atoms with E-state index in [1.807, 2.05) is 6.92 Å². The van der Waals surface area contributed by atoms with E-state index in [0.717, 1.165) is 6.42 Å². The average Bonchev–Trinajstić information content (AvgIpc) is 2.01. The van der Waals surface area contributed by atoms with Crippen LogP contribution in [0.2, 0.25) is 0 Å². The molecule has 0 fully saturated rings. The maximum Gasteiger partial charge on any atom is 0.246 e. The largest absolute Gasteiger partial charge is 0.372 e. The number of hydrogen-bond donors (Lipinski definition) is 2. The fourth-order valence-corrected chi connectivity index (χ4v) is 0.572. The van der Waals surface area contributed by atoms with Gasteiger partial charge in [0.25, 0.3) is 0 Å². The van der Waals surface area contributed by atoms with E-state index in [0.29, 0.717) is 19.7 Å². The first-order valence-corrected chi connectivity index (χ1v) is 3.85. The van der Waals surface area contributed by atoms with Crippen LogP contribution >= 0.6 is 0 Å². The highest BCUT2D eigenvalue weighted by molar-refractivity contribution is 5.77. The number of rotatable bonds is 6. The van der Waals surface area contributed by atoms with Crippen LogP contribution in [-0.2, 0) is 9.53 Å². The van der Waals surface area contributed by atoms with Gasteiger partial charge in [-0.15, -0.1) is 0 Å². The van der Waals surface area contributed by atoms with Crippen molar-refractivity contribution in [3.63, 3.8) is 0 Å². The molecule has 0 aliphatic carbocycles. The van der Waals surface area contributed by atoms with E-state index in [1.54, 1.807) is 0 Å². The fraction of sp³-hybridized carbons (Fsp3) is 0.857. The molecule has 0 radical (unpaired) electrons. The molecule has 4 nitrogen and oxygen atoms in total. The number of carbonyl (C=O) groups is 1. The van der Waals surface area contributed by atoms with Gasteiger partial charge in [0, 0.05) is 19.7 Å². The van der Waals surface area contributed by atoms with Crippen molar-refractivity contribution in [1.82, 2.24) is 5.32 Å². The van der Waals surface area contributed by atoms with E-state index in [2.05, 4.69) is 5.32 Å². The molecule has 0 aromatic rings. The molecule has 0 rings (SSSR count). The lowest BCUT2D eigenvalue weighted by atomic mass is 10.5. The highest BCUT2D eigenvalue weighted by Crippen LogP contribution is 1.78. The van der Waals surface area contributed by atoms with Gasteiger partial charge in [-0.2, -0.15) is 0 Å². The molecule has 0 aliphatic rings. The molecule has 0 aromatic carbocycles. The third-order valence-electron chi connectivity index (χ3n) is 1.05. The summed E-state index contributed by atoms with van der Waals surface area (Å²) >= 11 is 0. The van der Waals surface area contributed by atoms with Gasteiger partial charge in [-0.3, -0.25) is 4.79 Å². The highest BCUT2D eigenvalue weighted by atomic mass is 16.5. The molecule has 0 spiro atoms. The molecule has 1 amide bonds. The van der Waals surface area contributed by atoms with Gasteiger partial charge in [0.15, 0.2) is 0 Å². The molecule has 0 heterocycles. The number of nitrogens with two attached hydrogens (primary N) is 1. The van der Waals surface area contributed by atoms with Crippen molar-refractivity contribution >= 4 is 5.91 Å². The van der Waals surface area contributed by atoms with Crippen LogP contribution < -0.4 is 11.1 Å². The quantitative estimate of drug-likeness (QED) is 0.514.